The molecule has 1 saturated carbocycles. The van der Waals surface area contributed by atoms with Crippen LogP contribution in [0.2, 0.25) is 0 Å². The first-order valence-corrected chi connectivity index (χ1v) is 3.96. The van der Waals surface area contributed by atoms with E-state index >= 15 is 0 Å². The molecule has 0 aromatic carbocycles. The Labute approximate surface area is 62.2 Å². The summed E-state index contributed by atoms with van der Waals surface area (Å²) in [6.07, 6.45) is 3.39. The normalized spacial score (nSPS) is 25.5. The highest BCUT2D eigenvalue weighted by Crippen LogP contribution is 2.31. The van der Waals surface area contributed by atoms with Crippen LogP contribution in [0.25, 0.3) is 0 Å². The van der Waals surface area contributed by atoms with Gasteiger partial charge in [-0.25, -0.2) is 0 Å². The molecule has 1 fully saturated rings. The maximum absolute atomic E-state index is 9.51. The van der Waals surface area contributed by atoms with Crippen LogP contribution in [-0.2, 0) is 4.74 Å². The summed E-state index contributed by atoms with van der Waals surface area (Å²) in [4.78, 5) is 0. The van der Waals surface area contributed by atoms with Gasteiger partial charge in [-0.3, -0.25) is 0 Å². The molecule has 2 nitrogen and oxygen atoms in total. The van der Waals surface area contributed by atoms with Crippen molar-refractivity contribution in [2.75, 3.05) is 7.11 Å². The third-order valence-electron chi connectivity index (χ3n) is 2.49. The third kappa shape index (κ3) is 1.50. The molecule has 60 valence electrons. The van der Waals surface area contributed by atoms with E-state index in [1.807, 2.05) is 6.92 Å². The van der Waals surface area contributed by atoms with Gasteiger partial charge >= 0.3 is 0 Å². The molecule has 1 rings (SSSR count). The lowest BCUT2D eigenvalue weighted by Gasteiger charge is -2.33. The van der Waals surface area contributed by atoms with E-state index < -0.39 is 0 Å². The maximum atomic E-state index is 9.51. The van der Waals surface area contributed by atoms with Crippen molar-refractivity contribution in [1.29, 1.82) is 0 Å². The van der Waals surface area contributed by atoms with Gasteiger partial charge in [-0.1, -0.05) is 6.42 Å². The second-order valence-corrected chi connectivity index (χ2v) is 3.12. The van der Waals surface area contributed by atoms with Crippen LogP contribution in [0.1, 0.15) is 26.2 Å². The molecule has 1 N–H and O–H groups in total. The Morgan fingerprint density at radius 3 is 2.40 bits per heavy atom. The van der Waals surface area contributed by atoms with Crippen LogP contribution in [0, 0.1) is 5.92 Å². The van der Waals surface area contributed by atoms with E-state index in [-0.39, 0.29) is 12.2 Å². The van der Waals surface area contributed by atoms with Gasteiger partial charge in [0.1, 0.15) is 0 Å². The van der Waals surface area contributed by atoms with Crippen molar-refractivity contribution in [3.8, 4) is 0 Å². The first kappa shape index (κ1) is 8.02. The summed E-state index contributed by atoms with van der Waals surface area (Å²) in [6.45, 7) is 1.92. The van der Waals surface area contributed by atoms with Gasteiger partial charge < -0.3 is 9.84 Å². The molecule has 1 aliphatic carbocycles. The highest BCUT2D eigenvalue weighted by molar-refractivity contribution is 4.80. The molecule has 2 heteroatoms. The molecule has 10 heavy (non-hydrogen) atoms. The number of ether oxygens (including phenoxy) is 1. The topological polar surface area (TPSA) is 29.5 Å². The van der Waals surface area contributed by atoms with E-state index in [0.717, 1.165) is 0 Å². The smallest absolute Gasteiger partial charge is 0.0827 e. The van der Waals surface area contributed by atoms with Crippen LogP contribution < -0.4 is 0 Å². The Morgan fingerprint density at radius 1 is 1.50 bits per heavy atom. The zero-order chi connectivity index (χ0) is 7.56. The molecule has 0 saturated heterocycles. The van der Waals surface area contributed by atoms with Crippen LogP contribution in [0.3, 0.4) is 0 Å². The molecule has 0 aromatic rings. The first-order valence-electron chi connectivity index (χ1n) is 3.96. The highest BCUT2D eigenvalue weighted by Gasteiger charge is 2.29. The molecule has 0 bridgehead atoms. The van der Waals surface area contributed by atoms with Crippen molar-refractivity contribution in [3.05, 3.63) is 0 Å². The van der Waals surface area contributed by atoms with E-state index in [1.54, 1.807) is 7.11 Å². The molecule has 2 unspecified atom stereocenters. The number of methoxy groups -OCH3 is 1. The van der Waals surface area contributed by atoms with Gasteiger partial charge in [-0.05, 0) is 25.7 Å². The molecule has 0 spiro atoms. The fraction of sp³-hybridized carbons (Fsp3) is 1.00. The van der Waals surface area contributed by atoms with E-state index in [0.29, 0.717) is 5.92 Å². The van der Waals surface area contributed by atoms with Crippen LogP contribution in [0.4, 0.5) is 0 Å². The van der Waals surface area contributed by atoms with E-state index in [2.05, 4.69) is 0 Å². The molecular weight excluding hydrogens is 128 g/mol. The summed E-state index contributed by atoms with van der Waals surface area (Å²) >= 11 is 0. The molecule has 0 amide bonds. The molecular formula is C8H16O2. The second-order valence-electron chi connectivity index (χ2n) is 3.12. The van der Waals surface area contributed by atoms with Crippen LogP contribution >= 0.6 is 0 Å². The Morgan fingerprint density at radius 2 is 2.10 bits per heavy atom. The first-order chi connectivity index (χ1) is 4.75. The SMILES string of the molecule is COC(C)C(O)C1CCC1. The Hall–Kier alpha value is -0.0800. The minimum absolute atomic E-state index is 0.00491. The lowest BCUT2D eigenvalue weighted by atomic mass is 9.79. The van der Waals surface area contributed by atoms with E-state index in [9.17, 15) is 5.11 Å². The van der Waals surface area contributed by atoms with Gasteiger partial charge in [0, 0.05) is 7.11 Å². The Bertz CT molecular complexity index is 94.7. The molecule has 2 atom stereocenters. The van der Waals surface area contributed by atoms with Crippen LogP contribution in [-0.4, -0.2) is 24.4 Å². The van der Waals surface area contributed by atoms with Crippen molar-refractivity contribution < 1.29 is 9.84 Å². The lowest BCUT2D eigenvalue weighted by Crippen LogP contribution is -2.36. The average Bonchev–Trinajstić information content (AvgIpc) is 1.82. The fourth-order valence-corrected chi connectivity index (χ4v) is 1.30. The van der Waals surface area contributed by atoms with E-state index in [1.165, 1.54) is 19.3 Å². The predicted octanol–water partition coefficient (Wildman–Crippen LogP) is 1.18. The number of aliphatic hydroxyl groups is 1. The number of rotatable bonds is 3. The average molecular weight is 144 g/mol. The molecule has 0 aromatic heterocycles. The maximum Gasteiger partial charge on any atom is 0.0827 e. The summed E-state index contributed by atoms with van der Waals surface area (Å²) in [6, 6.07) is 0. The standard InChI is InChI=1S/C8H16O2/c1-6(10-2)8(9)7-4-3-5-7/h6-9H,3-5H2,1-2H3. The predicted molar refractivity (Wildman–Crippen MR) is 39.8 cm³/mol. The monoisotopic (exact) mass is 144 g/mol. The number of aliphatic hydroxyl groups excluding tert-OH is 1. The number of hydrogen-bond donors (Lipinski definition) is 1. The Kier molecular flexibility index (Phi) is 2.69. The van der Waals surface area contributed by atoms with Crippen molar-refractivity contribution in [2.45, 2.75) is 38.4 Å². The summed E-state index contributed by atoms with van der Waals surface area (Å²) in [5, 5.41) is 9.51. The largest absolute Gasteiger partial charge is 0.390 e. The van der Waals surface area contributed by atoms with Gasteiger partial charge in [0.15, 0.2) is 0 Å². The van der Waals surface area contributed by atoms with Gasteiger partial charge in [0.05, 0.1) is 12.2 Å². The van der Waals surface area contributed by atoms with Gasteiger partial charge in [-0.15, -0.1) is 0 Å². The zero-order valence-electron chi connectivity index (χ0n) is 6.71. The van der Waals surface area contributed by atoms with Gasteiger partial charge in [-0.2, -0.15) is 0 Å². The van der Waals surface area contributed by atoms with Crippen LogP contribution in [0.15, 0.2) is 0 Å². The lowest BCUT2D eigenvalue weighted by molar-refractivity contribution is -0.0505. The van der Waals surface area contributed by atoms with Gasteiger partial charge in [0.25, 0.3) is 0 Å². The summed E-state index contributed by atoms with van der Waals surface area (Å²) < 4.78 is 5.02. The fourth-order valence-electron chi connectivity index (χ4n) is 1.30. The zero-order valence-corrected chi connectivity index (χ0v) is 6.71. The molecule has 0 aliphatic heterocycles. The summed E-state index contributed by atoms with van der Waals surface area (Å²) in [7, 11) is 1.65. The summed E-state index contributed by atoms with van der Waals surface area (Å²) in [5.74, 6) is 0.509. The molecule has 0 radical (unpaired) electrons. The summed E-state index contributed by atoms with van der Waals surface area (Å²) in [5.41, 5.74) is 0. The van der Waals surface area contributed by atoms with Crippen molar-refractivity contribution in [3.63, 3.8) is 0 Å². The van der Waals surface area contributed by atoms with Crippen molar-refractivity contribution in [1.82, 2.24) is 0 Å². The molecule has 1 aliphatic rings. The quantitative estimate of drug-likeness (QED) is 0.644. The van der Waals surface area contributed by atoms with Gasteiger partial charge in [0.2, 0.25) is 0 Å². The van der Waals surface area contributed by atoms with E-state index in [4.69, 9.17) is 4.74 Å². The minimum Gasteiger partial charge on any atom is -0.390 e. The van der Waals surface area contributed by atoms with Crippen LogP contribution in [0.5, 0.6) is 0 Å². The van der Waals surface area contributed by atoms with Crippen molar-refractivity contribution in [2.24, 2.45) is 5.92 Å². The highest BCUT2D eigenvalue weighted by atomic mass is 16.5. The second kappa shape index (κ2) is 3.35. The third-order valence-corrected chi connectivity index (χ3v) is 2.49. The number of hydrogen-bond acceptors (Lipinski definition) is 2. The Balaban J connectivity index is 2.24. The minimum atomic E-state index is -0.237. The van der Waals surface area contributed by atoms with Crippen molar-refractivity contribution >= 4 is 0 Å². The molecule has 0 heterocycles.